The molecule has 0 amide bonds. The fourth-order valence-corrected chi connectivity index (χ4v) is 14.7. The summed E-state index contributed by atoms with van der Waals surface area (Å²) in [7, 11) is -22.7. The zero-order valence-electron chi connectivity index (χ0n) is 60.4. The number of rotatable bonds is 18. The van der Waals surface area contributed by atoms with Crippen LogP contribution in [0.4, 0.5) is 28.4 Å². The van der Waals surface area contributed by atoms with E-state index in [0.29, 0.717) is 46.1 Å². The van der Waals surface area contributed by atoms with Gasteiger partial charge >= 0.3 is 236 Å². The Morgan fingerprint density at radius 2 is 1.10 bits per heavy atom. The van der Waals surface area contributed by atoms with Gasteiger partial charge in [-0.2, -0.15) is 31.3 Å². The fraction of sp³-hybridized carbons (Fsp3) is 0.0984. The number of benzene rings is 8. The number of aromatic hydroxyl groups is 3. The summed E-state index contributed by atoms with van der Waals surface area (Å²) in [6.45, 7) is 9.32. The minimum atomic E-state index is -5.51. The molecule has 112 heavy (non-hydrogen) atoms. The zero-order chi connectivity index (χ0) is 77.9. The average molecular weight is 1750 g/mol. The largest absolute Gasteiger partial charge is 1.00 e. The number of fused-ring (bicyclic) bond motifs is 2. The molecule has 7 aromatic carbocycles. The van der Waals surface area contributed by atoms with Gasteiger partial charge in [-0.1, -0.05) is 51.5 Å². The number of phenols is 3. The van der Waals surface area contributed by atoms with Gasteiger partial charge < -0.3 is 93.0 Å². The van der Waals surface area contributed by atoms with Gasteiger partial charge in [-0.05, 0) is 117 Å². The van der Waals surface area contributed by atoms with Crippen LogP contribution >= 0.6 is 10.7 Å². The number of carbonyl (C=O) groups is 4. The van der Waals surface area contributed by atoms with Crippen molar-refractivity contribution in [3.8, 4) is 45.4 Å². The summed E-state index contributed by atoms with van der Waals surface area (Å²) in [5.74, 6) is -9.29. The van der Waals surface area contributed by atoms with Gasteiger partial charge in [0.2, 0.25) is 11.0 Å². The van der Waals surface area contributed by atoms with E-state index in [1.165, 1.54) is 63.2 Å². The van der Waals surface area contributed by atoms with E-state index < -0.39 is 147 Å². The molecule has 0 radical (unpaired) electrons. The smallest absolute Gasteiger partial charge is 0.870 e. The second kappa shape index (κ2) is 48.8. The van der Waals surface area contributed by atoms with E-state index in [9.17, 15) is 95.9 Å². The third kappa shape index (κ3) is 29.4. The van der Waals surface area contributed by atoms with Crippen molar-refractivity contribution in [3.05, 3.63) is 171 Å². The first-order chi connectivity index (χ1) is 47.7. The van der Waals surface area contributed by atoms with E-state index in [1.807, 2.05) is 0 Å². The number of carboxylic acids is 3. The molecule has 0 bridgehead atoms. The van der Waals surface area contributed by atoms with Crippen LogP contribution in [0.5, 0.6) is 23.0 Å². The first kappa shape index (κ1) is 116. The molecule has 7 aromatic rings. The topological polar surface area (TPSA) is 666 Å². The molecule has 0 fully saturated rings. The predicted octanol–water partition coefficient (Wildman–Crippen LogP) is -20.5. The third-order valence-corrected chi connectivity index (χ3v) is 19.8. The molecule has 1 aliphatic carbocycles. The molecule has 51 heteroatoms. The SMILES string of the molecule is Cc1cc(C)c(NS(=O)(=O)c2c[c-]c[c-]c2O)c(C)c1Nc1[c-]cc2c(-c3ccccc3S(=O)(=O)[O-])c3cc(S(=O)(=O)[O-])c(=[NH+]c4c(C)cc(C)c(NS(=O)(=O)c5cc(C(=O)[O-])cc(C(=O)[O-])c5O)c4C)cc-3oc2c1.O.O=C=O.O=C=O.O=COc1cc(C(=O)O)cc(S(=O)(=O)Cl)c1O.O=S(=O)=O.[Na+].[Na+].[Na+].[Na+].[Na+].[Na+].[Na+].[OH-]. The van der Waals surface area contributed by atoms with Crippen molar-refractivity contribution in [1.29, 1.82) is 0 Å². The van der Waals surface area contributed by atoms with Gasteiger partial charge in [-0.25, -0.2) is 51.9 Å². The number of carbonyl (C=O) groups excluding carboxylic acids is 7. The van der Waals surface area contributed by atoms with Crippen LogP contribution in [0.3, 0.4) is 0 Å². The molecule has 0 saturated heterocycles. The van der Waals surface area contributed by atoms with E-state index in [0.717, 1.165) is 30.3 Å². The van der Waals surface area contributed by atoms with Crippen molar-refractivity contribution < 1.29 is 365 Å². The molecule has 9 rings (SSSR count). The van der Waals surface area contributed by atoms with Gasteiger partial charge in [0.25, 0.3) is 25.5 Å². The first-order valence-electron chi connectivity index (χ1n) is 27.2. The molecule has 1 aliphatic heterocycles. The Kier molecular flexibility index (Phi) is 50.4. The summed E-state index contributed by atoms with van der Waals surface area (Å²) in [6.07, 6.45) is 0.500. The molecule has 11 N–H and O–H groups in total. The van der Waals surface area contributed by atoms with Crippen molar-refractivity contribution in [2.24, 2.45) is 0 Å². The minimum absolute atomic E-state index is 0. The maximum absolute atomic E-state index is 13.9. The molecular formula is C61H46ClN4Na7O33S6. The molecule has 0 unspecified atom stereocenters. The van der Waals surface area contributed by atoms with Crippen LogP contribution in [-0.4, -0.2) is 132 Å². The molecule has 2 aliphatic rings. The van der Waals surface area contributed by atoms with Crippen molar-refractivity contribution >= 4 is 147 Å². The number of sulfonamides is 2. The summed E-state index contributed by atoms with van der Waals surface area (Å²) in [5.41, 5.74) is -0.503. The second-order valence-electron chi connectivity index (χ2n) is 20.5. The van der Waals surface area contributed by atoms with Crippen LogP contribution in [0.25, 0.3) is 33.4 Å². The normalized spacial score (nSPS) is 10.5. The number of carboxylic acid groups (broad SMARTS) is 3. The first-order valence-corrected chi connectivity index (χ1v) is 36.2. The molecule has 558 valence electrons. The minimum Gasteiger partial charge on any atom is -0.870 e. The molecule has 1 heterocycles. The molecule has 0 atom stereocenters. The maximum Gasteiger partial charge on any atom is 1.00 e. The van der Waals surface area contributed by atoms with Gasteiger partial charge in [-0.3, -0.25) is 20.3 Å². The average Bonchev–Trinajstić information content (AvgIpc) is 0.732. The Morgan fingerprint density at radius 1 is 0.607 bits per heavy atom. The Morgan fingerprint density at radius 3 is 1.58 bits per heavy atom. The third-order valence-electron chi connectivity index (χ3n) is 14.0. The zero-order valence-corrected chi connectivity index (χ0v) is 80.1. The van der Waals surface area contributed by atoms with Crippen molar-refractivity contribution in [3.63, 3.8) is 0 Å². The van der Waals surface area contributed by atoms with Crippen LogP contribution in [-0.2, 0) is 83.9 Å². The van der Waals surface area contributed by atoms with Gasteiger partial charge in [0, 0.05) is 44.2 Å². The number of hydrogen-bond donors (Lipinski definition) is 8. The van der Waals surface area contributed by atoms with E-state index in [4.69, 9.17) is 52.0 Å². The number of phenolic OH excluding ortho intramolecular Hbond substituents is 2. The van der Waals surface area contributed by atoms with E-state index in [-0.39, 0.29) is 304 Å². The van der Waals surface area contributed by atoms with Crippen LogP contribution in [0.2, 0.25) is 0 Å². The summed E-state index contributed by atoms with van der Waals surface area (Å²) in [6, 6.07) is 25.6. The van der Waals surface area contributed by atoms with Crippen molar-refractivity contribution in [2.75, 3.05) is 14.8 Å². The number of anilines is 4. The molecular weight excluding hydrogens is 1710 g/mol. The predicted molar refractivity (Wildman–Crippen MR) is 346 cm³/mol. The van der Waals surface area contributed by atoms with Gasteiger partial charge in [0.05, 0.1) is 39.8 Å². The van der Waals surface area contributed by atoms with E-state index in [1.54, 1.807) is 26.8 Å². The summed E-state index contributed by atoms with van der Waals surface area (Å²) in [4.78, 5) is 75.5. The second-order valence-corrected chi connectivity index (χ2v) is 29.4. The van der Waals surface area contributed by atoms with Gasteiger partial charge in [-0.15, -0.1) is 18.7 Å². The Balaban J connectivity index is -0.000000909. The Labute approximate surface area is 796 Å². The van der Waals surface area contributed by atoms with Gasteiger partial charge in [0.15, 0.2) is 21.5 Å². The molecule has 37 nitrogen and oxygen atoms in total. The number of nitrogens with one attached hydrogen (secondary N) is 4. The van der Waals surface area contributed by atoms with Crippen LogP contribution in [0.15, 0.2) is 126 Å². The number of halogens is 1. The van der Waals surface area contributed by atoms with Gasteiger partial charge in [0.1, 0.15) is 46.4 Å². The molecule has 0 aromatic heterocycles. The summed E-state index contributed by atoms with van der Waals surface area (Å²) in [5, 5.41) is 65.3. The quantitative estimate of drug-likeness (QED) is 0.00987. The summed E-state index contributed by atoms with van der Waals surface area (Å²) >= 11 is 0. The Bertz CT molecular complexity index is 5860. The van der Waals surface area contributed by atoms with Crippen LogP contribution in [0, 0.1) is 59.7 Å². The monoisotopic (exact) mass is 1750 g/mol. The Hall–Kier alpha value is -4.83. The van der Waals surface area contributed by atoms with E-state index in [2.05, 4.69) is 42.7 Å². The van der Waals surface area contributed by atoms with Crippen molar-refractivity contribution in [2.45, 2.75) is 66.0 Å². The maximum atomic E-state index is 13.9. The van der Waals surface area contributed by atoms with Crippen LogP contribution in [0.1, 0.15) is 64.5 Å². The number of ether oxygens (including phenoxy) is 1. The standard InChI is InChI=1S/C51H41N4O17S4.C8H5ClO7S.2CO2.7Na.O3S.2H2O/c1-24-17-26(3)47(54-73(62,63)41-14-10-8-12-37(41)56)28(5)45(24)52-31-15-16-32-38(21-31)72-39-23-36(42(76(69,70)71)22-34(39)44(32)33-11-7-9-13-40(33)75(66,67)68)53-46-25(2)18-27(4)48(29(46)6)55-74(64,65)43-20-30(50(58)59)19-35(49(43)57)51(60)61;9-17(14,15)6-2-4(8(12)13)1-5(7(6)11)16-3-10;2*2-1-3;;;;;;;;1-4(2)3;;/h7-9,11,13-14,16-23,52,54-57H,1-6H3,(H,58,59)(H,60,61)(H,66,67,68)(H,69,70,71);1-3,11H,(H,12,13);;;;;;;;;;;2*1H2/q-3;;;;7*+1;;;/p-4. The van der Waals surface area contributed by atoms with E-state index >= 15 is 0 Å². The number of hydrogen-bond acceptors (Lipinski definition) is 32. The molecule has 0 saturated carbocycles. The van der Waals surface area contributed by atoms with Crippen LogP contribution < -0.4 is 247 Å². The number of aryl methyl sites for hydroxylation is 4. The van der Waals surface area contributed by atoms with Crippen molar-refractivity contribution in [1.82, 2.24) is 0 Å². The summed E-state index contributed by atoms with van der Waals surface area (Å²) < 4.78 is 196. The fourth-order valence-electron chi connectivity index (χ4n) is 9.82. The number of aromatic carboxylic acids is 3. The molecule has 0 spiro atoms.